The third kappa shape index (κ3) is 7.63. The highest BCUT2D eigenvalue weighted by molar-refractivity contribution is 7.92. The first-order valence-corrected chi connectivity index (χ1v) is 18.0. The van der Waals surface area contributed by atoms with E-state index in [1.165, 1.54) is 35.2 Å². The van der Waals surface area contributed by atoms with Gasteiger partial charge in [0.05, 0.1) is 46.7 Å². The molecule has 0 radical (unpaired) electrons. The van der Waals surface area contributed by atoms with Crippen molar-refractivity contribution in [3.63, 3.8) is 0 Å². The van der Waals surface area contributed by atoms with Gasteiger partial charge in [-0.1, -0.05) is 52.0 Å². The number of fused-ring (bicyclic) bond motifs is 4. The molecule has 0 unspecified atom stereocenters. The van der Waals surface area contributed by atoms with Crippen molar-refractivity contribution in [3.8, 4) is 17.1 Å². The number of amides is 1. The SMILES string of the molecule is Cc1cccc(C)c1-c1cc2nc(n1)NS(=O)(=O)c1cccc(c1)C(=O)N(Cc1ncc(N3CC(C)(C)C3)cn1)[C@H](CC(C)(C)C(F)(F)F)CO2. The second kappa shape index (κ2) is 13.1. The van der Waals surface area contributed by atoms with E-state index in [1.807, 2.05) is 32.0 Å². The molecule has 1 fully saturated rings. The minimum atomic E-state index is -4.62. The Morgan fingerprint density at radius 3 is 2.25 bits per heavy atom. The van der Waals surface area contributed by atoms with E-state index in [4.69, 9.17) is 4.74 Å². The largest absolute Gasteiger partial charge is 0.475 e. The fourth-order valence-electron chi connectivity index (χ4n) is 6.46. The fourth-order valence-corrected chi connectivity index (χ4v) is 7.45. The van der Waals surface area contributed by atoms with Crippen LogP contribution in [-0.2, 0) is 16.6 Å². The molecule has 1 N–H and O–H groups in total. The third-order valence-corrected chi connectivity index (χ3v) is 10.6. The van der Waals surface area contributed by atoms with Gasteiger partial charge in [0.2, 0.25) is 11.8 Å². The van der Waals surface area contributed by atoms with E-state index in [0.717, 1.165) is 43.8 Å². The highest BCUT2D eigenvalue weighted by atomic mass is 32.2. The molecule has 4 aromatic rings. The number of sulfonamides is 1. The lowest BCUT2D eigenvalue weighted by atomic mass is 9.84. The first-order chi connectivity index (χ1) is 23.8. The van der Waals surface area contributed by atoms with E-state index in [1.54, 1.807) is 12.4 Å². The lowest BCUT2D eigenvalue weighted by Crippen LogP contribution is -2.53. The third-order valence-electron chi connectivity index (χ3n) is 9.30. The van der Waals surface area contributed by atoms with Gasteiger partial charge < -0.3 is 14.5 Å². The molecule has 15 heteroatoms. The Balaban J connectivity index is 1.46. The van der Waals surface area contributed by atoms with Gasteiger partial charge in [-0.3, -0.25) is 4.79 Å². The molecule has 2 aromatic heterocycles. The Morgan fingerprint density at radius 1 is 0.980 bits per heavy atom. The first kappa shape index (κ1) is 36.0. The van der Waals surface area contributed by atoms with Crippen LogP contribution in [0.5, 0.6) is 5.88 Å². The van der Waals surface area contributed by atoms with Crippen molar-refractivity contribution in [1.82, 2.24) is 24.8 Å². The monoisotopic (exact) mass is 723 g/mol. The van der Waals surface area contributed by atoms with Gasteiger partial charge in [0.25, 0.3) is 15.9 Å². The van der Waals surface area contributed by atoms with Crippen LogP contribution >= 0.6 is 0 Å². The summed E-state index contributed by atoms with van der Waals surface area (Å²) in [5.74, 6) is -0.919. The van der Waals surface area contributed by atoms with Gasteiger partial charge in [-0.05, 0) is 55.0 Å². The van der Waals surface area contributed by atoms with Gasteiger partial charge >= 0.3 is 6.18 Å². The van der Waals surface area contributed by atoms with E-state index < -0.39 is 46.6 Å². The summed E-state index contributed by atoms with van der Waals surface area (Å²) >= 11 is 0. The summed E-state index contributed by atoms with van der Waals surface area (Å²) in [4.78, 5) is 35.2. The molecule has 270 valence electrons. The number of carbonyl (C=O) groups excluding carboxylic acids is 1. The molecular weight excluding hydrogens is 684 g/mol. The number of nitrogens with zero attached hydrogens (tertiary/aromatic N) is 6. The quantitative estimate of drug-likeness (QED) is 0.235. The Hall–Kier alpha value is -4.79. The van der Waals surface area contributed by atoms with Crippen molar-refractivity contribution in [1.29, 1.82) is 0 Å². The molecule has 11 nitrogen and oxygen atoms in total. The van der Waals surface area contributed by atoms with Gasteiger partial charge in [0, 0.05) is 30.3 Å². The maximum Gasteiger partial charge on any atom is 0.394 e. The van der Waals surface area contributed by atoms with E-state index in [-0.39, 0.29) is 40.1 Å². The summed E-state index contributed by atoms with van der Waals surface area (Å²) in [5.41, 5.74) is 1.39. The Kier molecular flexibility index (Phi) is 9.23. The van der Waals surface area contributed by atoms with Crippen molar-refractivity contribution in [2.45, 2.75) is 71.6 Å². The summed E-state index contributed by atoms with van der Waals surface area (Å²) in [6.07, 6.45) is -1.92. The van der Waals surface area contributed by atoms with Crippen LogP contribution in [-0.4, -0.2) is 71.1 Å². The van der Waals surface area contributed by atoms with Crippen molar-refractivity contribution in [2.24, 2.45) is 10.8 Å². The summed E-state index contributed by atoms with van der Waals surface area (Å²) in [6.45, 7) is 11.1. The standard InChI is InChI=1S/C36H40F3N7O4S/c1-22-9-7-10-23(2)31(22)28-14-30-43-33(42-28)44-51(48,49)27-12-8-11-24(13-27)32(47)46(25(19-50-30)15-35(5,6)36(37,38)39)18-29-40-16-26(17-41-29)45-20-34(3,4)21-45/h7-14,16-17,25H,15,18-21H2,1-6H3,(H,42,43,44)/t25-/m1/s1. The summed E-state index contributed by atoms with van der Waals surface area (Å²) in [7, 11) is -4.34. The average Bonchev–Trinajstić information content (AvgIpc) is 3.03. The summed E-state index contributed by atoms with van der Waals surface area (Å²) in [5, 5.41) is 0. The topological polar surface area (TPSA) is 131 Å². The number of nitrogens with one attached hydrogen (secondary N) is 1. The van der Waals surface area contributed by atoms with Crippen LogP contribution in [0.25, 0.3) is 11.3 Å². The number of hydrogen-bond acceptors (Lipinski definition) is 9. The zero-order chi connectivity index (χ0) is 36.9. The number of hydrogen-bond donors (Lipinski definition) is 1. The van der Waals surface area contributed by atoms with E-state index in [0.29, 0.717) is 11.3 Å². The molecule has 4 heterocycles. The molecule has 51 heavy (non-hydrogen) atoms. The summed E-state index contributed by atoms with van der Waals surface area (Å²) < 4.78 is 79.1. The van der Waals surface area contributed by atoms with Crippen LogP contribution in [0.2, 0.25) is 0 Å². The van der Waals surface area contributed by atoms with Crippen LogP contribution in [0, 0.1) is 24.7 Å². The van der Waals surface area contributed by atoms with Gasteiger partial charge in [0.15, 0.2) is 0 Å². The molecular formula is C36H40F3N7O4S. The number of rotatable bonds is 6. The van der Waals surface area contributed by atoms with Gasteiger partial charge in [-0.15, -0.1) is 0 Å². The molecule has 2 aliphatic rings. The Bertz CT molecular complexity index is 2040. The molecule has 1 atom stereocenters. The van der Waals surface area contributed by atoms with Crippen LogP contribution in [0.1, 0.15) is 61.4 Å². The maximum atomic E-state index is 14.4. The molecule has 1 amide bonds. The zero-order valence-electron chi connectivity index (χ0n) is 29.2. The van der Waals surface area contributed by atoms with Crippen molar-refractivity contribution in [3.05, 3.63) is 83.4 Å². The lowest BCUT2D eigenvalue weighted by molar-refractivity contribution is -0.217. The van der Waals surface area contributed by atoms with E-state index in [9.17, 15) is 26.4 Å². The molecule has 1 saturated heterocycles. The molecule has 0 saturated carbocycles. The van der Waals surface area contributed by atoms with Crippen molar-refractivity contribution < 1.29 is 31.1 Å². The number of alkyl halides is 3. The molecule has 2 aliphatic heterocycles. The Morgan fingerprint density at radius 2 is 1.63 bits per heavy atom. The number of aromatic nitrogens is 4. The number of halogens is 3. The normalized spacial score (nSPS) is 18.8. The van der Waals surface area contributed by atoms with E-state index in [2.05, 4.69) is 43.4 Å². The number of ether oxygens (including phenoxy) is 1. The summed E-state index contributed by atoms with van der Waals surface area (Å²) in [6, 6.07) is 11.2. The van der Waals surface area contributed by atoms with Gasteiger partial charge in [-0.25, -0.2) is 28.1 Å². The second-order valence-electron chi connectivity index (χ2n) is 14.7. The van der Waals surface area contributed by atoms with Crippen LogP contribution in [0.3, 0.4) is 0 Å². The Labute approximate surface area is 295 Å². The predicted octanol–water partition coefficient (Wildman–Crippen LogP) is 6.58. The molecule has 4 bridgehead atoms. The lowest BCUT2D eigenvalue weighted by Gasteiger charge is -2.47. The molecule has 0 spiro atoms. The highest BCUT2D eigenvalue weighted by Gasteiger charge is 2.49. The maximum absolute atomic E-state index is 14.4. The van der Waals surface area contributed by atoms with Crippen molar-refractivity contribution in [2.75, 3.05) is 29.3 Å². The number of anilines is 2. The minimum absolute atomic E-state index is 0.0600. The predicted molar refractivity (Wildman–Crippen MR) is 186 cm³/mol. The smallest absolute Gasteiger partial charge is 0.394 e. The minimum Gasteiger partial charge on any atom is -0.475 e. The number of carbonyl (C=O) groups is 1. The van der Waals surface area contributed by atoms with Crippen LogP contribution in [0.15, 0.2) is 65.8 Å². The zero-order valence-corrected chi connectivity index (χ0v) is 30.1. The first-order valence-electron chi connectivity index (χ1n) is 16.5. The fraction of sp³-hybridized carbons (Fsp3) is 0.417. The van der Waals surface area contributed by atoms with E-state index >= 15 is 0 Å². The molecule has 0 aliphatic carbocycles. The second-order valence-corrected chi connectivity index (χ2v) is 16.4. The number of aryl methyl sites for hydroxylation is 2. The van der Waals surface area contributed by atoms with Crippen molar-refractivity contribution >= 4 is 27.6 Å². The molecule has 6 rings (SSSR count). The molecule has 2 aromatic carbocycles. The van der Waals surface area contributed by atoms with Crippen LogP contribution < -0.4 is 14.4 Å². The average molecular weight is 724 g/mol. The van der Waals surface area contributed by atoms with Gasteiger partial charge in [0.1, 0.15) is 12.4 Å². The number of benzene rings is 2. The van der Waals surface area contributed by atoms with Crippen LogP contribution in [0.4, 0.5) is 24.8 Å². The van der Waals surface area contributed by atoms with Gasteiger partial charge in [-0.2, -0.15) is 18.2 Å². The highest BCUT2D eigenvalue weighted by Crippen LogP contribution is 2.42.